The molecule has 0 radical (unpaired) electrons. The van der Waals surface area contributed by atoms with Crippen LogP contribution >= 0.6 is 34.8 Å². The maximum absolute atomic E-state index is 12.8. The lowest BCUT2D eigenvalue weighted by molar-refractivity contribution is -0.152. The molecular weight excluding hydrogens is 471 g/mol. The molecule has 176 valence electrons. The van der Waals surface area contributed by atoms with Crippen molar-refractivity contribution in [2.75, 3.05) is 13.2 Å². The van der Waals surface area contributed by atoms with Gasteiger partial charge in [0.2, 0.25) is 15.6 Å². The zero-order chi connectivity index (χ0) is 23.8. The number of esters is 1. The highest BCUT2D eigenvalue weighted by Gasteiger charge is 2.34. The number of nitrogens with one attached hydrogen (secondary N) is 3. The van der Waals surface area contributed by atoms with Crippen molar-refractivity contribution in [2.45, 2.75) is 62.0 Å². The van der Waals surface area contributed by atoms with E-state index in [1.54, 1.807) is 13.8 Å². The largest absolute Gasteiger partial charge is 0.460 e. The van der Waals surface area contributed by atoms with Crippen molar-refractivity contribution in [2.24, 2.45) is 5.92 Å². The second-order valence-corrected chi connectivity index (χ2v) is 10.1. The first-order chi connectivity index (χ1) is 14.4. The van der Waals surface area contributed by atoms with Gasteiger partial charge >= 0.3 is 5.97 Å². The summed E-state index contributed by atoms with van der Waals surface area (Å²) >= 11 is 16.7. The molecule has 1 heterocycles. The predicted octanol–water partition coefficient (Wildman–Crippen LogP) is 1.62. The minimum Gasteiger partial charge on any atom is -0.460 e. The predicted molar refractivity (Wildman–Crippen MR) is 118 cm³/mol. The second kappa shape index (κ2) is 12.5. The van der Waals surface area contributed by atoms with Crippen molar-refractivity contribution in [3.63, 3.8) is 0 Å². The third kappa shape index (κ3) is 9.64. The summed E-state index contributed by atoms with van der Waals surface area (Å²) < 4.78 is 3.23. The lowest BCUT2D eigenvalue weighted by Crippen LogP contribution is -2.61. The minimum absolute atomic E-state index is 0.0818. The summed E-state index contributed by atoms with van der Waals surface area (Å²) in [7, 11) is 0. The van der Waals surface area contributed by atoms with Gasteiger partial charge in [-0.1, -0.05) is 54.7 Å². The molecule has 0 saturated carbocycles. The van der Waals surface area contributed by atoms with E-state index in [0.717, 1.165) is 0 Å². The minimum atomic E-state index is -1.73. The van der Waals surface area contributed by atoms with Crippen LogP contribution in [0.1, 0.15) is 40.0 Å². The van der Waals surface area contributed by atoms with Gasteiger partial charge in [-0.2, -0.15) is 0 Å². The van der Waals surface area contributed by atoms with Crippen molar-refractivity contribution >= 4 is 58.5 Å². The van der Waals surface area contributed by atoms with Crippen molar-refractivity contribution in [3.05, 3.63) is 12.7 Å². The van der Waals surface area contributed by atoms with Crippen molar-refractivity contribution in [3.8, 4) is 0 Å². The first kappa shape index (κ1) is 27.5. The van der Waals surface area contributed by atoms with Gasteiger partial charge in [0, 0.05) is 13.0 Å². The number of hydrazine groups is 1. The van der Waals surface area contributed by atoms with E-state index in [2.05, 4.69) is 22.6 Å². The molecule has 3 N–H and O–H groups in total. The van der Waals surface area contributed by atoms with E-state index in [1.165, 1.54) is 18.0 Å². The molecule has 12 heteroatoms. The van der Waals surface area contributed by atoms with Gasteiger partial charge in [-0.25, -0.2) is 5.43 Å². The fourth-order valence-electron chi connectivity index (χ4n) is 2.87. The highest BCUT2D eigenvalue weighted by atomic mass is 35.6. The van der Waals surface area contributed by atoms with Crippen molar-refractivity contribution < 1.29 is 23.9 Å². The summed E-state index contributed by atoms with van der Waals surface area (Å²) in [4.78, 5) is 49.4. The summed E-state index contributed by atoms with van der Waals surface area (Å²) in [6.45, 7) is 8.51. The van der Waals surface area contributed by atoms with Crippen molar-refractivity contribution in [1.82, 2.24) is 21.1 Å². The molecule has 0 aromatic rings. The molecule has 0 aromatic heterocycles. The molecule has 1 unspecified atom stereocenters. The lowest BCUT2D eigenvalue weighted by Gasteiger charge is -2.34. The van der Waals surface area contributed by atoms with E-state index in [9.17, 15) is 19.2 Å². The monoisotopic (exact) mass is 498 g/mol. The smallest absolute Gasteiger partial charge is 0.325 e. The van der Waals surface area contributed by atoms with Crippen LogP contribution in [-0.4, -0.2) is 63.8 Å². The first-order valence-corrected chi connectivity index (χ1v) is 11.0. The summed E-state index contributed by atoms with van der Waals surface area (Å²) in [5.74, 6) is -2.10. The van der Waals surface area contributed by atoms with Gasteiger partial charge in [0.05, 0.1) is 0 Å². The average Bonchev–Trinajstić information content (AvgIpc) is 2.69. The summed E-state index contributed by atoms with van der Waals surface area (Å²) in [6.07, 6.45) is 2.50. The van der Waals surface area contributed by atoms with Gasteiger partial charge in [0.1, 0.15) is 24.7 Å². The molecule has 0 bridgehead atoms. The Hall–Kier alpha value is -1.55. The molecular formula is C19H29Cl3N4O5. The molecule has 31 heavy (non-hydrogen) atoms. The number of alkyl halides is 3. The molecule has 3 amide bonds. The highest BCUT2D eigenvalue weighted by Crippen LogP contribution is 2.26. The van der Waals surface area contributed by atoms with E-state index < -0.39 is 46.3 Å². The number of rotatable bonds is 9. The van der Waals surface area contributed by atoms with E-state index in [0.29, 0.717) is 19.4 Å². The Morgan fingerprint density at radius 2 is 1.87 bits per heavy atom. The first-order valence-electron chi connectivity index (χ1n) is 9.87. The zero-order valence-electron chi connectivity index (χ0n) is 17.8. The second-order valence-electron chi connectivity index (χ2n) is 7.55. The van der Waals surface area contributed by atoms with Crippen LogP contribution in [0.2, 0.25) is 0 Å². The topological polar surface area (TPSA) is 117 Å². The number of ether oxygens (including phenoxy) is 1. The molecule has 1 aliphatic heterocycles. The fraction of sp³-hybridized carbons (Fsp3) is 0.684. The molecule has 9 nitrogen and oxygen atoms in total. The zero-order valence-corrected chi connectivity index (χ0v) is 20.0. The molecule has 1 rings (SSSR count). The van der Waals surface area contributed by atoms with Gasteiger partial charge in [-0.3, -0.25) is 24.2 Å². The van der Waals surface area contributed by atoms with E-state index >= 15 is 0 Å². The quantitative estimate of drug-likeness (QED) is 0.252. The Labute approximate surface area is 197 Å². The molecule has 3 atom stereocenters. The Balaban J connectivity index is 2.67. The van der Waals surface area contributed by atoms with Crippen LogP contribution in [0.5, 0.6) is 0 Å². The van der Waals surface area contributed by atoms with E-state index in [4.69, 9.17) is 39.5 Å². The normalized spacial score (nSPS) is 18.7. The third-order valence-corrected chi connectivity index (χ3v) is 4.77. The number of nitrogens with zero attached hydrogens (tertiary/aromatic N) is 1. The van der Waals surface area contributed by atoms with Gasteiger partial charge in [0.15, 0.2) is 0 Å². The van der Waals surface area contributed by atoms with Crippen LogP contribution < -0.4 is 16.1 Å². The van der Waals surface area contributed by atoms with E-state index in [1.807, 2.05) is 0 Å². The molecule has 0 spiro atoms. The van der Waals surface area contributed by atoms with Crippen LogP contribution in [0.25, 0.3) is 0 Å². The number of halogens is 3. The highest BCUT2D eigenvalue weighted by molar-refractivity contribution is 6.67. The maximum atomic E-state index is 12.8. The van der Waals surface area contributed by atoms with Gasteiger partial charge in [-0.15, -0.1) is 6.58 Å². The number of hydrogen-bond donors (Lipinski definition) is 3. The number of hydrogen-bond acceptors (Lipinski definition) is 6. The molecule has 1 fully saturated rings. The fourth-order valence-corrected chi connectivity index (χ4v) is 3.03. The summed E-state index contributed by atoms with van der Waals surface area (Å²) in [6, 6.07) is -2.48. The molecule has 1 saturated heterocycles. The van der Waals surface area contributed by atoms with Crippen LogP contribution in [0.3, 0.4) is 0 Å². The SMILES string of the molecule is C=CCC(=O)NC(C(=O)N[C@@H](C)C(=O)N1CCC[C@@H](C(=O)OCC(Cl)(Cl)Cl)N1)C(C)C. The van der Waals surface area contributed by atoms with Crippen LogP contribution in [-0.2, 0) is 23.9 Å². The molecule has 0 aromatic carbocycles. The Morgan fingerprint density at radius 1 is 1.23 bits per heavy atom. The standard InChI is InChI=1S/C19H29Cl3N4O5/c1-5-7-14(27)24-15(11(2)3)16(28)23-12(4)17(29)26-9-6-8-13(25-26)18(30)31-10-19(20,21)22/h5,11-13,15,25H,1,6-10H2,2-4H3,(H,23,28)(H,24,27)/t12-,13-,15?/m0/s1. The number of carbonyl (C=O) groups excluding carboxylic acids is 4. The van der Waals surface area contributed by atoms with Crippen LogP contribution in [0, 0.1) is 5.92 Å². The Morgan fingerprint density at radius 3 is 2.42 bits per heavy atom. The maximum Gasteiger partial charge on any atom is 0.325 e. The lowest BCUT2D eigenvalue weighted by atomic mass is 10.0. The van der Waals surface area contributed by atoms with Gasteiger partial charge in [-0.05, 0) is 25.7 Å². The van der Waals surface area contributed by atoms with Crippen molar-refractivity contribution in [1.29, 1.82) is 0 Å². The molecule has 1 aliphatic rings. The summed E-state index contributed by atoms with van der Waals surface area (Å²) in [5, 5.41) is 6.51. The molecule has 0 aliphatic carbocycles. The van der Waals surface area contributed by atoms with E-state index in [-0.39, 0.29) is 18.2 Å². The van der Waals surface area contributed by atoms with Crippen LogP contribution in [0.15, 0.2) is 12.7 Å². The summed E-state index contributed by atoms with van der Waals surface area (Å²) in [5.41, 5.74) is 2.79. The van der Waals surface area contributed by atoms with Gasteiger partial charge in [0.25, 0.3) is 5.91 Å². The van der Waals surface area contributed by atoms with Crippen LogP contribution in [0.4, 0.5) is 0 Å². The number of carbonyl (C=O) groups is 4. The number of amides is 3. The van der Waals surface area contributed by atoms with Gasteiger partial charge < -0.3 is 15.4 Å². The third-order valence-electron chi connectivity index (χ3n) is 4.44. The Kier molecular flexibility index (Phi) is 11.1. The Bertz CT molecular complexity index is 684. The average molecular weight is 500 g/mol.